The number of nitrogens with one attached hydrogen (secondary N) is 1. The van der Waals surface area contributed by atoms with Crippen molar-refractivity contribution in [1.82, 2.24) is 5.32 Å². The third kappa shape index (κ3) is 3.95. The molecule has 0 spiro atoms. The Labute approximate surface area is 125 Å². The highest BCUT2D eigenvalue weighted by Gasteiger charge is 2.16. The van der Waals surface area contributed by atoms with E-state index in [1.807, 2.05) is 6.07 Å². The van der Waals surface area contributed by atoms with E-state index in [2.05, 4.69) is 37.4 Å². The van der Waals surface area contributed by atoms with Crippen molar-refractivity contribution >= 4 is 5.97 Å². The molecule has 4 nitrogen and oxygen atoms in total. The van der Waals surface area contributed by atoms with Crippen LogP contribution in [0.3, 0.4) is 0 Å². The van der Waals surface area contributed by atoms with Gasteiger partial charge in [0.25, 0.3) is 0 Å². The van der Waals surface area contributed by atoms with E-state index in [1.54, 1.807) is 6.07 Å². The number of esters is 1. The van der Waals surface area contributed by atoms with E-state index in [-0.39, 0.29) is 5.76 Å². The molecule has 1 aromatic heterocycles. The lowest BCUT2D eigenvalue weighted by atomic mass is 10.0. The molecule has 1 N–H and O–H groups in total. The molecule has 0 aliphatic rings. The summed E-state index contributed by atoms with van der Waals surface area (Å²) in [4.78, 5) is 11.5. The van der Waals surface area contributed by atoms with Crippen molar-refractivity contribution in [2.75, 3.05) is 7.11 Å². The Hall–Kier alpha value is -2.07. The van der Waals surface area contributed by atoms with Gasteiger partial charge in [-0.25, -0.2) is 4.79 Å². The summed E-state index contributed by atoms with van der Waals surface area (Å²) in [5.74, 6) is -0.170. The Balaban J connectivity index is 1.93. The molecule has 0 aliphatic carbocycles. The van der Waals surface area contributed by atoms with Gasteiger partial charge in [0.2, 0.25) is 5.76 Å². The number of rotatable bonds is 6. The molecular formula is C17H21NO3. The molecule has 4 heteroatoms. The predicted molar refractivity (Wildman–Crippen MR) is 81.2 cm³/mol. The summed E-state index contributed by atoms with van der Waals surface area (Å²) in [6.45, 7) is 4.83. The number of ether oxygens (including phenoxy) is 1. The summed E-state index contributed by atoms with van der Waals surface area (Å²) < 4.78 is 9.87. The van der Waals surface area contributed by atoms with Crippen LogP contribution in [0.15, 0.2) is 41.0 Å². The van der Waals surface area contributed by atoms with Crippen LogP contribution in [0.4, 0.5) is 0 Å². The molecule has 0 saturated carbocycles. The predicted octanol–water partition coefficient (Wildman–Crippen LogP) is 3.10. The Morgan fingerprint density at radius 1 is 1.29 bits per heavy atom. The van der Waals surface area contributed by atoms with Gasteiger partial charge in [-0.1, -0.05) is 24.3 Å². The van der Waals surface area contributed by atoms with Gasteiger partial charge in [0.15, 0.2) is 0 Å². The monoisotopic (exact) mass is 287 g/mol. The number of carbonyl (C=O) groups excluding carboxylic acids is 1. The number of hydrogen-bond donors (Lipinski definition) is 1. The van der Waals surface area contributed by atoms with Gasteiger partial charge in [-0.15, -0.1) is 0 Å². The zero-order valence-corrected chi connectivity index (χ0v) is 12.7. The first-order valence-corrected chi connectivity index (χ1v) is 7.04. The summed E-state index contributed by atoms with van der Waals surface area (Å²) in [6.07, 6.45) is 2.45. The molecule has 1 heterocycles. The lowest BCUT2D eigenvalue weighted by Crippen LogP contribution is -2.28. The van der Waals surface area contributed by atoms with E-state index in [0.717, 1.165) is 12.0 Å². The topological polar surface area (TPSA) is 51.5 Å². The van der Waals surface area contributed by atoms with Gasteiger partial charge in [-0.2, -0.15) is 0 Å². The summed E-state index contributed by atoms with van der Waals surface area (Å²) in [5, 5.41) is 3.41. The van der Waals surface area contributed by atoms with Gasteiger partial charge in [-0.05, 0) is 37.5 Å². The second-order valence-electron chi connectivity index (χ2n) is 5.18. The van der Waals surface area contributed by atoms with Crippen LogP contribution in [-0.4, -0.2) is 19.1 Å². The third-order valence-electron chi connectivity index (χ3n) is 3.55. The van der Waals surface area contributed by atoms with Crippen molar-refractivity contribution in [2.45, 2.75) is 32.9 Å². The fraction of sp³-hybridized carbons (Fsp3) is 0.353. The maximum absolute atomic E-state index is 11.5. The molecule has 21 heavy (non-hydrogen) atoms. The molecular weight excluding hydrogens is 266 g/mol. The molecule has 0 bridgehead atoms. The van der Waals surface area contributed by atoms with Crippen LogP contribution in [0.2, 0.25) is 0 Å². The fourth-order valence-electron chi connectivity index (χ4n) is 2.27. The minimum absolute atomic E-state index is 0.271. The van der Waals surface area contributed by atoms with Crippen LogP contribution in [0, 0.1) is 6.92 Å². The average molecular weight is 287 g/mol. The number of methoxy groups -OCH3 is 1. The van der Waals surface area contributed by atoms with Gasteiger partial charge >= 0.3 is 5.97 Å². The van der Waals surface area contributed by atoms with E-state index < -0.39 is 5.97 Å². The van der Waals surface area contributed by atoms with Crippen molar-refractivity contribution < 1.29 is 13.9 Å². The minimum Gasteiger partial charge on any atom is -0.463 e. The van der Waals surface area contributed by atoms with Gasteiger partial charge in [0.05, 0.1) is 13.4 Å². The van der Waals surface area contributed by atoms with Crippen molar-refractivity contribution in [3.8, 4) is 0 Å². The normalized spacial score (nSPS) is 12.1. The smallest absolute Gasteiger partial charge is 0.374 e. The number of hydrogen-bond acceptors (Lipinski definition) is 4. The van der Waals surface area contributed by atoms with Crippen molar-refractivity contribution in [1.29, 1.82) is 0 Å². The van der Waals surface area contributed by atoms with E-state index in [4.69, 9.17) is 9.15 Å². The molecule has 0 saturated heterocycles. The first kappa shape index (κ1) is 15.3. The van der Waals surface area contributed by atoms with Crippen LogP contribution in [0.5, 0.6) is 0 Å². The molecule has 2 aromatic rings. The highest BCUT2D eigenvalue weighted by atomic mass is 16.5. The molecule has 1 aromatic carbocycles. The zero-order valence-electron chi connectivity index (χ0n) is 12.7. The van der Waals surface area contributed by atoms with E-state index in [9.17, 15) is 4.79 Å². The lowest BCUT2D eigenvalue weighted by molar-refractivity contribution is 0.0563. The van der Waals surface area contributed by atoms with Gasteiger partial charge < -0.3 is 14.5 Å². The molecule has 2 rings (SSSR count). The second kappa shape index (κ2) is 7.09. The van der Waals surface area contributed by atoms with E-state index >= 15 is 0 Å². The maximum atomic E-state index is 11.5. The summed E-state index contributed by atoms with van der Waals surface area (Å²) in [7, 11) is 1.35. The fourth-order valence-corrected chi connectivity index (χ4v) is 2.27. The van der Waals surface area contributed by atoms with Crippen LogP contribution < -0.4 is 5.32 Å². The lowest BCUT2D eigenvalue weighted by Gasteiger charge is -2.15. The Bertz CT molecular complexity index is 604. The van der Waals surface area contributed by atoms with Gasteiger partial charge in [-0.3, -0.25) is 0 Å². The standard InChI is InChI=1S/C17H21NO3/c1-12-6-4-5-7-14(12)10-13(2)18-11-15-8-9-21-16(15)17(19)20-3/h4-9,13,18H,10-11H2,1-3H3. The number of benzene rings is 1. The summed E-state index contributed by atoms with van der Waals surface area (Å²) in [6, 6.07) is 10.5. The van der Waals surface area contributed by atoms with E-state index in [1.165, 1.54) is 24.5 Å². The first-order valence-electron chi connectivity index (χ1n) is 7.04. The molecule has 1 unspecified atom stereocenters. The Kier molecular flexibility index (Phi) is 5.17. The number of carbonyl (C=O) groups is 1. The van der Waals surface area contributed by atoms with Crippen LogP contribution in [-0.2, 0) is 17.7 Å². The van der Waals surface area contributed by atoms with Gasteiger partial charge in [0.1, 0.15) is 0 Å². The molecule has 0 aliphatic heterocycles. The van der Waals surface area contributed by atoms with Crippen molar-refractivity contribution in [3.05, 3.63) is 59.0 Å². The average Bonchev–Trinajstić information content (AvgIpc) is 2.95. The number of furan rings is 1. The van der Waals surface area contributed by atoms with Crippen LogP contribution in [0.25, 0.3) is 0 Å². The molecule has 0 fully saturated rings. The highest BCUT2D eigenvalue weighted by molar-refractivity contribution is 5.87. The van der Waals surface area contributed by atoms with Crippen LogP contribution >= 0.6 is 0 Å². The minimum atomic E-state index is -0.441. The van der Waals surface area contributed by atoms with Crippen LogP contribution in [0.1, 0.15) is 34.2 Å². The zero-order chi connectivity index (χ0) is 15.2. The largest absolute Gasteiger partial charge is 0.463 e. The highest BCUT2D eigenvalue weighted by Crippen LogP contribution is 2.13. The summed E-state index contributed by atoms with van der Waals surface area (Å²) >= 11 is 0. The summed E-state index contributed by atoms with van der Waals surface area (Å²) in [5.41, 5.74) is 3.45. The first-order chi connectivity index (χ1) is 10.1. The Morgan fingerprint density at radius 2 is 2.05 bits per heavy atom. The second-order valence-corrected chi connectivity index (χ2v) is 5.18. The Morgan fingerprint density at radius 3 is 2.76 bits per heavy atom. The van der Waals surface area contributed by atoms with E-state index in [0.29, 0.717) is 12.6 Å². The third-order valence-corrected chi connectivity index (χ3v) is 3.55. The molecule has 0 amide bonds. The number of aryl methyl sites for hydroxylation is 1. The maximum Gasteiger partial charge on any atom is 0.374 e. The van der Waals surface area contributed by atoms with Gasteiger partial charge in [0, 0.05) is 18.2 Å². The molecule has 0 radical (unpaired) electrons. The SMILES string of the molecule is COC(=O)c1occc1CNC(C)Cc1ccccc1C. The molecule has 112 valence electrons. The molecule has 1 atom stereocenters. The quantitative estimate of drug-likeness (QED) is 0.829. The van der Waals surface area contributed by atoms with Crippen molar-refractivity contribution in [2.24, 2.45) is 0 Å². The van der Waals surface area contributed by atoms with Crippen molar-refractivity contribution in [3.63, 3.8) is 0 Å².